The fourth-order valence-corrected chi connectivity index (χ4v) is 2.12. The van der Waals surface area contributed by atoms with Crippen molar-refractivity contribution in [1.82, 2.24) is 0 Å². The van der Waals surface area contributed by atoms with E-state index in [0.29, 0.717) is 12.2 Å². The van der Waals surface area contributed by atoms with Gasteiger partial charge in [0, 0.05) is 6.07 Å². The van der Waals surface area contributed by atoms with Gasteiger partial charge in [-0.25, -0.2) is 0 Å². The first-order valence-corrected chi connectivity index (χ1v) is 6.26. The summed E-state index contributed by atoms with van der Waals surface area (Å²) in [6, 6.07) is 4.45. The highest BCUT2D eigenvalue weighted by Crippen LogP contribution is 2.29. The molecule has 104 valence electrons. The van der Waals surface area contributed by atoms with Crippen LogP contribution in [0.25, 0.3) is 0 Å². The Labute approximate surface area is 111 Å². The number of nitrogens with zero attached hydrogens (tertiary/aromatic N) is 1. The maximum absolute atomic E-state index is 11.0. The van der Waals surface area contributed by atoms with Gasteiger partial charge in [0.25, 0.3) is 0 Å². The Morgan fingerprint density at radius 3 is 2.89 bits per heavy atom. The van der Waals surface area contributed by atoms with Crippen molar-refractivity contribution in [2.75, 3.05) is 6.61 Å². The van der Waals surface area contributed by atoms with Crippen molar-refractivity contribution in [2.45, 2.75) is 38.6 Å². The van der Waals surface area contributed by atoms with Crippen LogP contribution in [0.2, 0.25) is 0 Å². The van der Waals surface area contributed by atoms with E-state index < -0.39 is 4.92 Å². The number of ether oxygens (including phenoxy) is 2. The van der Waals surface area contributed by atoms with E-state index in [1.54, 1.807) is 6.07 Å². The van der Waals surface area contributed by atoms with Gasteiger partial charge in [0.2, 0.25) is 0 Å². The number of rotatable bonds is 5. The molecule has 2 unspecified atom stereocenters. The van der Waals surface area contributed by atoms with Gasteiger partial charge >= 0.3 is 5.69 Å². The topological polar surface area (TPSA) is 81.8 Å². The summed E-state index contributed by atoms with van der Waals surface area (Å²) in [5.74, 6) is 0.213. The molecule has 0 spiro atoms. The Morgan fingerprint density at radius 1 is 1.53 bits per heavy atom. The quantitative estimate of drug-likeness (QED) is 0.652. The maximum Gasteiger partial charge on any atom is 0.311 e. The molecule has 2 rings (SSSR count). The van der Waals surface area contributed by atoms with Crippen LogP contribution in [0.15, 0.2) is 18.2 Å². The number of aliphatic hydroxyl groups is 1. The second-order valence-electron chi connectivity index (χ2n) is 4.67. The van der Waals surface area contributed by atoms with Crippen LogP contribution in [-0.2, 0) is 11.3 Å². The lowest BCUT2D eigenvalue weighted by molar-refractivity contribution is -0.386. The second-order valence-corrected chi connectivity index (χ2v) is 4.67. The van der Waals surface area contributed by atoms with Gasteiger partial charge in [-0.05, 0) is 31.4 Å². The number of nitro benzene ring substituents is 1. The van der Waals surface area contributed by atoms with Gasteiger partial charge in [0.15, 0.2) is 5.75 Å². The van der Waals surface area contributed by atoms with Crippen molar-refractivity contribution in [2.24, 2.45) is 0 Å². The number of hydrogen-bond donors (Lipinski definition) is 1. The molecule has 1 N–H and O–H groups in total. The van der Waals surface area contributed by atoms with E-state index in [-0.39, 0.29) is 30.3 Å². The van der Waals surface area contributed by atoms with Crippen molar-refractivity contribution in [1.29, 1.82) is 0 Å². The molecule has 0 radical (unpaired) electrons. The number of benzene rings is 1. The highest BCUT2D eigenvalue weighted by molar-refractivity contribution is 5.48. The molecule has 1 aromatic carbocycles. The molecule has 1 aromatic rings. The molecule has 19 heavy (non-hydrogen) atoms. The molecule has 0 aliphatic carbocycles. The van der Waals surface area contributed by atoms with E-state index in [1.165, 1.54) is 12.1 Å². The molecule has 2 atom stereocenters. The molecule has 6 nitrogen and oxygen atoms in total. The summed E-state index contributed by atoms with van der Waals surface area (Å²) in [6.45, 7) is 2.08. The molecule has 1 fully saturated rings. The standard InChI is InChI=1S/C13H17NO5/c1-9-2-4-11(19-9)8-18-13-5-3-10(7-15)6-12(13)14(16)17/h3,5-6,9,11,15H,2,4,7-8H2,1H3. The molecule has 1 saturated heterocycles. The smallest absolute Gasteiger partial charge is 0.311 e. The first-order chi connectivity index (χ1) is 9.10. The SMILES string of the molecule is CC1CCC(COc2ccc(CO)cc2[N+](=O)[O-])O1. The lowest BCUT2D eigenvalue weighted by Gasteiger charge is -2.13. The van der Waals surface area contributed by atoms with Crippen LogP contribution in [0.4, 0.5) is 5.69 Å². The predicted octanol–water partition coefficient (Wildman–Crippen LogP) is 2.03. The Kier molecular flexibility index (Phi) is 4.34. The van der Waals surface area contributed by atoms with E-state index >= 15 is 0 Å². The van der Waals surface area contributed by atoms with Gasteiger partial charge in [0.1, 0.15) is 6.61 Å². The molecule has 6 heteroatoms. The summed E-state index contributed by atoms with van der Waals surface area (Å²) in [5.41, 5.74) is 0.363. The molecule has 0 bridgehead atoms. The van der Waals surface area contributed by atoms with Crippen LogP contribution in [0.1, 0.15) is 25.3 Å². The fourth-order valence-electron chi connectivity index (χ4n) is 2.12. The zero-order chi connectivity index (χ0) is 13.8. The van der Waals surface area contributed by atoms with Gasteiger partial charge in [-0.1, -0.05) is 6.07 Å². The first kappa shape index (κ1) is 13.8. The van der Waals surface area contributed by atoms with E-state index in [2.05, 4.69) is 0 Å². The van der Waals surface area contributed by atoms with Crippen LogP contribution in [-0.4, -0.2) is 28.8 Å². The average Bonchev–Trinajstić information content (AvgIpc) is 2.82. The third-order valence-corrected chi connectivity index (χ3v) is 3.15. The van der Waals surface area contributed by atoms with Crippen LogP contribution in [0.5, 0.6) is 5.75 Å². The Balaban J connectivity index is 2.04. The van der Waals surface area contributed by atoms with Crippen molar-refractivity contribution in [3.63, 3.8) is 0 Å². The molecule has 0 amide bonds. The molecule has 0 saturated carbocycles. The van der Waals surface area contributed by atoms with E-state index in [1.807, 2.05) is 6.92 Å². The van der Waals surface area contributed by atoms with Crippen LogP contribution >= 0.6 is 0 Å². The molecule has 1 aliphatic rings. The molecular weight excluding hydrogens is 250 g/mol. The fraction of sp³-hybridized carbons (Fsp3) is 0.538. The normalized spacial score (nSPS) is 22.4. The summed E-state index contributed by atoms with van der Waals surface area (Å²) in [6.07, 6.45) is 2.11. The van der Waals surface area contributed by atoms with Gasteiger partial charge in [-0.2, -0.15) is 0 Å². The summed E-state index contributed by atoms with van der Waals surface area (Å²) >= 11 is 0. The first-order valence-electron chi connectivity index (χ1n) is 6.26. The van der Waals surface area contributed by atoms with Crippen LogP contribution in [0.3, 0.4) is 0 Å². The van der Waals surface area contributed by atoms with Crippen LogP contribution in [0, 0.1) is 10.1 Å². The van der Waals surface area contributed by atoms with Crippen molar-refractivity contribution in [3.8, 4) is 5.75 Å². The molecule has 1 heterocycles. The Bertz CT molecular complexity index is 462. The minimum atomic E-state index is -0.507. The Hall–Kier alpha value is -1.66. The van der Waals surface area contributed by atoms with Gasteiger partial charge in [0.05, 0.1) is 23.7 Å². The summed E-state index contributed by atoms with van der Waals surface area (Å²) < 4.78 is 11.1. The average molecular weight is 267 g/mol. The van der Waals surface area contributed by atoms with E-state index in [9.17, 15) is 10.1 Å². The molecular formula is C13H17NO5. The van der Waals surface area contributed by atoms with Crippen LogP contribution < -0.4 is 4.74 Å². The number of nitro groups is 1. The highest BCUT2D eigenvalue weighted by atomic mass is 16.6. The minimum absolute atomic E-state index is 0.00729. The van der Waals surface area contributed by atoms with E-state index in [0.717, 1.165) is 12.8 Å². The van der Waals surface area contributed by atoms with Gasteiger partial charge in [-0.3, -0.25) is 10.1 Å². The van der Waals surface area contributed by atoms with Gasteiger partial charge < -0.3 is 14.6 Å². The number of hydrogen-bond acceptors (Lipinski definition) is 5. The lowest BCUT2D eigenvalue weighted by Crippen LogP contribution is -2.18. The second kappa shape index (κ2) is 5.99. The number of aliphatic hydroxyl groups excluding tert-OH is 1. The predicted molar refractivity (Wildman–Crippen MR) is 68.1 cm³/mol. The Morgan fingerprint density at radius 2 is 2.32 bits per heavy atom. The summed E-state index contributed by atoms with van der Waals surface area (Å²) in [5, 5.41) is 19.9. The summed E-state index contributed by atoms with van der Waals surface area (Å²) in [7, 11) is 0. The van der Waals surface area contributed by atoms with Crippen molar-refractivity contribution in [3.05, 3.63) is 33.9 Å². The largest absolute Gasteiger partial charge is 0.484 e. The maximum atomic E-state index is 11.0. The molecule has 0 aromatic heterocycles. The summed E-state index contributed by atoms with van der Waals surface area (Å²) in [4.78, 5) is 10.4. The zero-order valence-electron chi connectivity index (χ0n) is 10.7. The monoisotopic (exact) mass is 267 g/mol. The van der Waals surface area contributed by atoms with E-state index in [4.69, 9.17) is 14.6 Å². The minimum Gasteiger partial charge on any atom is -0.484 e. The highest BCUT2D eigenvalue weighted by Gasteiger charge is 2.24. The van der Waals surface area contributed by atoms with Gasteiger partial charge in [-0.15, -0.1) is 0 Å². The van der Waals surface area contributed by atoms with Crippen molar-refractivity contribution >= 4 is 5.69 Å². The van der Waals surface area contributed by atoms with Crippen molar-refractivity contribution < 1.29 is 19.5 Å². The molecule has 1 aliphatic heterocycles. The third kappa shape index (κ3) is 3.42. The zero-order valence-corrected chi connectivity index (χ0v) is 10.7. The lowest BCUT2D eigenvalue weighted by atomic mass is 10.2. The third-order valence-electron chi connectivity index (χ3n) is 3.15.